The molecular formula is C12H18N2O2S. The molecule has 0 unspecified atom stereocenters. The monoisotopic (exact) mass is 254 g/mol. The van der Waals surface area contributed by atoms with Gasteiger partial charge in [0.1, 0.15) is 0 Å². The normalized spacial score (nSPS) is 19.4. The SMILES string of the molecule is CC(=O)c1sc(N2CCC(C)(O)CC2)cc1N. The van der Waals surface area contributed by atoms with Crippen LogP contribution in [0, 0.1) is 0 Å². The van der Waals surface area contributed by atoms with Gasteiger partial charge in [0.25, 0.3) is 0 Å². The highest BCUT2D eigenvalue weighted by Crippen LogP contribution is 2.35. The lowest BCUT2D eigenvalue weighted by atomic mass is 9.94. The molecule has 0 aliphatic carbocycles. The van der Waals surface area contributed by atoms with Crippen LogP contribution in [0.1, 0.15) is 36.4 Å². The molecule has 0 radical (unpaired) electrons. The van der Waals surface area contributed by atoms with Crippen LogP contribution < -0.4 is 10.6 Å². The minimum Gasteiger partial charge on any atom is -0.397 e. The molecule has 1 aliphatic rings. The van der Waals surface area contributed by atoms with Crippen LogP contribution >= 0.6 is 11.3 Å². The highest BCUT2D eigenvalue weighted by Gasteiger charge is 2.28. The topological polar surface area (TPSA) is 66.6 Å². The molecule has 1 fully saturated rings. The smallest absolute Gasteiger partial charge is 0.171 e. The number of nitrogens with zero attached hydrogens (tertiary/aromatic N) is 1. The zero-order valence-corrected chi connectivity index (χ0v) is 11.0. The predicted octanol–water partition coefficient (Wildman–Crippen LogP) is 1.88. The summed E-state index contributed by atoms with van der Waals surface area (Å²) in [6.07, 6.45) is 1.50. The molecule has 0 amide bonds. The molecule has 3 N–H and O–H groups in total. The highest BCUT2D eigenvalue weighted by atomic mass is 32.1. The van der Waals surface area contributed by atoms with Gasteiger partial charge in [0.2, 0.25) is 0 Å². The maximum atomic E-state index is 11.3. The van der Waals surface area contributed by atoms with Gasteiger partial charge in [0.15, 0.2) is 5.78 Å². The van der Waals surface area contributed by atoms with Crippen molar-refractivity contribution >= 4 is 27.8 Å². The average Bonchev–Trinajstić information content (AvgIpc) is 2.60. The van der Waals surface area contributed by atoms with Crippen LogP contribution in [0.3, 0.4) is 0 Å². The fourth-order valence-corrected chi connectivity index (χ4v) is 3.06. The van der Waals surface area contributed by atoms with E-state index in [0.29, 0.717) is 10.6 Å². The number of hydrogen-bond donors (Lipinski definition) is 2. The van der Waals surface area contributed by atoms with Crippen LogP contribution in [0.25, 0.3) is 0 Å². The first-order valence-electron chi connectivity index (χ1n) is 5.77. The number of carbonyl (C=O) groups excluding carboxylic acids is 1. The van der Waals surface area contributed by atoms with E-state index in [-0.39, 0.29) is 5.78 Å². The Labute approximate surface area is 105 Å². The summed E-state index contributed by atoms with van der Waals surface area (Å²) in [4.78, 5) is 14.2. The van der Waals surface area contributed by atoms with E-state index in [4.69, 9.17) is 5.73 Å². The number of Topliss-reactive ketones (excluding diaryl/α,β-unsaturated/α-hetero) is 1. The van der Waals surface area contributed by atoms with Gasteiger partial charge < -0.3 is 15.7 Å². The first-order chi connectivity index (χ1) is 7.89. The van der Waals surface area contributed by atoms with E-state index >= 15 is 0 Å². The molecular weight excluding hydrogens is 236 g/mol. The molecule has 1 aromatic heterocycles. The number of hydrogen-bond acceptors (Lipinski definition) is 5. The Morgan fingerprint density at radius 1 is 1.53 bits per heavy atom. The number of nitrogen functional groups attached to an aromatic ring is 1. The van der Waals surface area contributed by atoms with Gasteiger partial charge in [0.05, 0.1) is 21.2 Å². The Hall–Kier alpha value is -1.07. The lowest BCUT2D eigenvalue weighted by molar-refractivity contribution is 0.0352. The van der Waals surface area contributed by atoms with Crippen LogP contribution in [-0.4, -0.2) is 29.6 Å². The van der Waals surface area contributed by atoms with Gasteiger partial charge in [-0.1, -0.05) is 0 Å². The summed E-state index contributed by atoms with van der Waals surface area (Å²) >= 11 is 1.44. The Kier molecular flexibility index (Phi) is 3.14. The zero-order valence-electron chi connectivity index (χ0n) is 10.2. The number of carbonyl (C=O) groups is 1. The Morgan fingerprint density at radius 3 is 2.59 bits per heavy atom. The minimum atomic E-state index is -0.553. The molecule has 1 aliphatic heterocycles. The molecule has 2 heterocycles. The maximum absolute atomic E-state index is 11.3. The summed E-state index contributed by atoms with van der Waals surface area (Å²) in [5.74, 6) is 0.0164. The van der Waals surface area contributed by atoms with Crippen LogP contribution in [0.4, 0.5) is 10.7 Å². The van der Waals surface area contributed by atoms with Crippen molar-refractivity contribution in [3.63, 3.8) is 0 Å². The number of aliphatic hydroxyl groups is 1. The molecule has 5 heteroatoms. The van der Waals surface area contributed by atoms with Crippen molar-refractivity contribution in [2.24, 2.45) is 0 Å². The van der Waals surface area contributed by atoms with Gasteiger partial charge in [-0.25, -0.2) is 0 Å². The van der Waals surface area contributed by atoms with Crippen molar-refractivity contribution in [3.8, 4) is 0 Å². The lowest BCUT2D eigenvalue weighted by Gasteiger charge is -2.36. The number of rotatable bonds is 2. The summed E-state index contributed by atoms with van der Waals surface area (Å²) in [6, 6.07) is 1.86. The molecule has 17 heavy (non-hydrogen) atoms. The molecule has 1 aromatic rings. The van der Waals surface area contributed by atoms with E-state index in [1.54, 1.807) is 0 Å². The first-order valence-corrected chi connectivity index (χ1v) is 6.58. The third-order valence-corrected chi connectivity index (χ3v) is 4.53. The molecule has 0 spiro atoms. The quantitative estimate of drug-likeness (QED) is 0.791. The minimum absolute atomic E-state index is 0.0164. The largest absolute Gasteiger partial charge is 0.397 e. The van der Waals surface area contributed by atoms with Crippen molar-refractivity contribution in [1.29, 1.82) is 0 Å². The van der Waals surface area contributed by atoms with Gasteiger partial charge in [-0.2, -0.15) is 0 Å². The highest BCUT2D eigenvalue weighted by molar-refractivity contribution is 7.18. The van der Waals surface area contributed by atoms with E-state index in [9.17, 15) is 9.90 Å². The van der Waals surface area contributed by atoms with Crippen LogP contribution in [0.15, 0.2) is 6.07 Å². The summed E-state index contributed by atoms with van der Waals surface area (Å²) < 4.78 is 0. The lowest BCUT2D eigenvalue weighted by Crippen LogP contribution is -2.42. The van der Waals surface area contributed by atoms with Crippen molar-refractivity contribution in [2.75, 3.05) is 23.7 Å². The van der Waals surface area contributed by atoms with Crippen molar-refractivity contribution in [2.45, 2.75) is 32.3 Å². The number of ketones is 1. The second-order valence-corrected chi connectivity index (χ2v) is 5.94. The molecule has 0 aromatic carbocycles. The number of piperidine rings is 1. The van der Waals surface area contributed by atoms with Crippen molar-refractivity contribution in [3.05, 3.63) is 10.9 Å². The Bertz CT molecular complexity index is 430. The summed E-state index contributed by atoms with van der Waals surface area (Å²) in [5.41, 5.74) is 5.83. The van der Waals surface area contributed by atoms with E-state index in [1.807, 2.05) is 13.0 Å². The fraction of sp³-hybridized carbons (Fsp3) is 0.583. The molecule has 4 nitrogen and oxygen atoms in total. The second kappa shape index (κ2) is 4.31. The van der Waals surface area contributed by atoms with E-state index in [0.717, 1.165) is 30.9 Å². The van der Waals surface area contributed by atoms with Gasteiger partial charge in [-0.15, -0.1) is 11.3 Å². The molecule has 0 atom stereocenters. The van der Waals surface area contributed by atoms with E-state index in [2.05, 4.69) is 4.90 Å². The van der Waals surface area contributed by atoms with E-state index < -0.39 is 5.60 Å². The molecule has 1 saturated heterocycles. The van der Waals surface area contributed by atoms with E-state index in [1.165, 1.54) is 18.3 Å². The summed E-state index contributed by atoms with van der Waals surface area (Å²) in [6.45, 7) is 5.02. The number of thiophene rings is 1. The van der Waals surface area contributed by atoms with Gasteiger partial charge in [-0.3, -0.25) is 4.79 Å². The summed E-state index contributed by atoms with van der Waals surface area (Å²) in [5, 5.41) is 10.9. The Morgan fingerprint density at radius 2 is 2.12 bits per heavy atom. The average molecular weight is 254 g/mol. The number of anilines is 2. The molecule has 0 saturated carbocycles. The maximum Gasteiger partial charge on any atom is 0.171 e. The molecule has 2 rings (SSSR count). The van der Waals surface area contributed by atoms with Gasteiger partial charge in [0, 0.05) is 20.0 Å². The van der Waals surface area contributed by atoms with Crippen LogP contribution in [-0.2, 0) is 0 Å². The summed E-state index contributed by atoms with van der Waals surface area (Å²) in [7, 11) is 0. The van der Waals surface area contributed by atoms with Gasteiger partial charge >= 0.3 is 0 Å². The standard InChI is InChI=1S/C12H18N2O2S/c1-8(15)11-9(13)7-10(17-11)14-5-3-12(2,16)4-6-14/h7,16H,3-6,13H2,1-2H3. The first kappa shape index (κ1) is 12.4. The fourth-order valence-electron chi connectivity index (χ4n) is 2.03. The zero-order chi connectivity index (χ0) is 12.6. The van der Waals surface area contributed by atoms with Crippen LogP contribution in [0.2, 0.25) is 0 Å². The molecule has 0 bridgehead atoms. The second-order valence-electron chi connectivity index (χ2n) is 4.91. The van der Waals surface area contributed by atoms with Crippen molar-refractivity contribution in [1.82, 2.24) is 0 Å². The predicted molar refractivity (Wildman–Crippen MR) is 70.8 cm³/mol. The third-order valence-electron chi connectivity index (χ3n) is 3.22. The van der Waals surface area contributed by atoms with Crippen molar-refractivity contribution < 1.29 is 9.90 Å². The number of nitrogens with two attached hydrogens (primary N) is 1. The molecule has 94 valence electrons. The third kappa shape index (κ3) is 2.61. The van der Waals surface area contributed by atoms with Crippen LogP contribution in [0.5, 0.6) is 0 Å². The van der Waals surface area contributed by atoms with Gasteiger partial charge in [-0.05, 0) is 25.8 Å². The Balaban J connectivity index is 2.14.